The summed E-state index contributed by atoms with van der Waals surface area (Å²) >= 11 is 0. The van der Waals surface area contributed by atoms with E-state index in [1.807, 2.05) is 0 Å². The average molecular weight is 256 g/mol. The number of nitrogens with one attached hydrogen (secondary N) is 1. The number of fused-ring (bicyclic) bond motifs is 1. The zero-order chi connectivity index (χ0) is 13.4. The number of carboxylic acid groups (broad SMARTS) is 1. The average Bonchev–Trinajstić information content (AvgIpc) is 2.81. The molecule has 0 spiro atoms. The minimum atomic E-state index is -1.02. The largest absolute Gasteiger partial charge is 0.478 e. The molecule has 0 aliphatic rings. The summed E-state index contributed by atoms with van der Waals surface area (Å²) in [5, 5.41) is 9.58. The normalized spacial score (nSPS) is 10.8. The molecule has 0 aliphatic carbocycles. The maximum atomic E-state index is 13.2. The van der Waals surface area contributed by atoms with E-state index in [1.165, 1.54) is 18.3 Å². The molecule has 0 aliphatic heterocycles. The van der Waals surface area contributed by atoms with Crippen LogP contribution in [0.5, 0.6) is 0 Å². The van der Waals surface area contributed by atoms with Gasteiger partial charge in [0.25, 0.3) is 0 Å². The van der Waals surface area contributed by atoms with E-state index >= 15 is 0 Å². The number of hydrogen-bond acceptors (Lipinski definition) is 2. The summed E-state index contributed by atoms with van der Waals surface area (Å²) in [5.74, 6) is -1.37. The molecule has 0 fully saturated rings. The summed E-state index contributed by atoms with van der Waals surface area (Å²) in [6.07, 6.45) is 2.98. The Hall–Kier alpha value is -2.69. The van der Waals surface area contributed by atoms with Gasteiger partial charge in [0.15, 0.2) is 0 Å². The van der Waals surface area contributed by atoms with Crippen LogP contribution >= 0.6 is 0 Å². The third kappa shape index (κ3) is 1.95. The summed E-state index contributed by atoms with van der Waals surface area (Å²) in [6.45, 7) is 0. The number of aromatic carboxylic acids is 1. The first-order valence-corrected chi connectivity index (χ1v) is 5.61. The van der Waals surface area contributed by atoms with Gasteiger partial charge in [0.1, 0.15) is 11.5 Å². The second kappa shape index (κ2) is 4.20. The highest BCUT2D eigenvalue weighted by Gasteiger charge is 2.12. The van der Waals surface area contributed by atoms with E-state index in [1.54, 1.807) is 24.4 Å². The van der Waals surface area contributed by atoms with Crippen molar-refractivity contribution >= 4 is 17.0 Å². The van der Waals surface area contributed by atoms with Gasteiger partial charge in [0.2, 0.25) is 0 Å². The molecule has 5 heteroatoms. The molecule has 1 aromatic carbocycles. The van der Waals surface area contributed by atoms with Crippen LogP contribution in [0.2, 0.25) is 0 Å². The van der Waals surface area contributed by atoms with Gasteiger partial charge in [-0.05, 0) is 23.8 Å². The quantitative estimate of drug-likeness (QED) is 0.740. The summed E-state index contributed by atoms with van der Waals surface area (Å²) in [5.41, 5.74) is 1.99. The first-order valence-electron chi connectivity index (χ1n) is 5.61. The lowest BCUT2D eigenvalue weighted by atomic mass is 10.1. The molecule has 2 N–H and O–H groups in total. The van der Waals surface area contributed by atoms with Gasteiger partial charge in [0.05, 0.1) is 5.56 Å². The van der Waals surface area contributed by atoms with Crippen molar-refractivity contribution in [3.8, 4) is 11.1 Å². The number of carbonyl (C=O) groups is 1. The molecule has 0 bridgehead atoms. The van der Waals surface area contributed by atoms with E-state index in [2.05, 4.69) is 9.97 Å². The molecule has 94 valence electrons. The second-order valence-electron chi connectivity index (χ2n) is 4.14. The van der Waals surface area contributed by atoms with E-state index in [-0.39, 0.29) is 11.4 Å². The number of hydrogen-bond donors (Lipinski definition) is 2. The van der Waals surface area contributed by atoms with Crippen LogP contribution in [-0.4, -0.2) is 21.0 Å². The van der Waals surface area contributed by atoms with Gasteiger partial charge in [-0.2, -0.15) is 0 Å². The molecule has 4 nitrogen and oxygen atoms in total. The molecule has 19 heavy (non-hydrogen) atoms. The molecule has 2 aromatic heterocycles. The summed E-state index contributed by atoms with van der Waals surface area (Å²) < 4.78 is 13.2. The molecule has 3 rings (SSSR count). The Bertz CT molecular complexity index is 780. The number of rotatable bonds is 2. The van der Waals surface area contributed by atoms with Crippen molar-refractivity contribution < 1.29 is 14.3 Å². The van der Waals surface area contributed by atoms with Gasteiger partial charge in [-0.25, -0.2) is 14.2 Å². The van der Waals surface area contributed by atoms with Crippen LogP contribution in [0.4, 0.5) is 4.39 Å². The van der Waals surface area contributed by atoms with Crippen LogP contribution in [0.3, 0.4) is 0 Å². The van der Waals surface area contributed by atoms with Crippen LogP contribution in [0.15, 0.2) is 42.7 Å². The van der Waals surface area contributed by atoms with Gasteiger partial charge in [-0.3, -0.25) is 0 Å². The third-order valence-corrected chi connectivity index (χ3v) is 2.92. The fourth-order valence-corrected chi connectivity index (χ4v) is 2.01. The van der Waals surface area contributed by atoms with Gasteiger partial charge >= 0.3 is 5.97 Å². The molecule has 0 atom stereocenters. The molecule has 0 saturated carbocycles. The van der Waals surface area contributed by atoms with Crippen molar-refractivity contribution in [3.63, 3.8) is 0 Å². The van der Waals surface area contributed by atoms with Crippen LogP contribution in [0, 0.1) is 5.82 Å². The monoisotopic (exact) mass is 256 g/mol. The van der Waals surface area contributed by atoms with E-state index in [0.717, 1.165) is 0 Å². The van der Waals surface area contributed by atoms with Crippen molar-refractivity contribution in [2.24, 2.45) is 0 Å². The predicted molar refractivity (Wildman–Crippen MR) is 68.4 cm³/mol. The van der Waals surface area contributed by atoms with Crippen LogP contribution in [0.1, 0.15) is 10.4 Å². The van der Waals surface area contributed by atoms with Crippen molar-refractivity contribution in [1.82, 2.24) is 9.97 Å². The molecule has 0 radical (unpaired) electrons. The zero-order valence-electron chi connectivity index (χ0n) is 9.72. The van der Waals surface area contributed by atoms with Crippen LogP contribution in [-0.2, 0) is 0 Å². The number of aromatic nitrogens is 2. The maximum Gasteiger partial charge on any atom is 0.337 e. The summed E-state index contributed by atoms with van der Waals surface area (Å²) in [7, 11) is 0. The highest BCUT2D eigenvalue weighted by atomic mass is 19.1. The standard InChI is InChI=1S/C14H9FN2O2/c15-10-3-1-2-8(4-10)9-5-11-12(14(18)19)7-17-13(11)16-6-9/h1-7H,(H,16,17)(H,18,19). The number of pyridine rings is 1. The number of H-pyrrole nitrogens is 1. The Morgan fingerprint density at radius 3 is 2.84 bits per heavy atom. The van der Waals surface area contributed by atoms with Crippen LogP contribution < -0.4 is 0 Å². The van der Waals surface area contributed by atoms with Crippen molar-refractivity contribution in [2.75, 3.05) is 0 Å². The molecule has 0 unspecified atom stereocenters. The Kier molecular flexibility index (Phi) is 2.52. The highest BCUT2D eigenvalue weighted by molar-refractivity contribution is 6.03. The SMILES string of the molecule is O=C(O)c1c[nH]c2ncc(-c3cccc(F)c3)cc12. The van der Waals surface area contributed by atoms with Gasteiger partial charge in [0, 0.05) is 23.3 Å². The van der Waals surface area contributed by atoms with Crippen molar-refractivity contribution in [2.45, 2.75) is 0 Å². The molecule has 0 saturated heterocycles. The lowest BCUT2D eigenvalue weighted by Crippen LogP contribution is -1.94. The predicted octanol–water partition coefficient (Wildman–Crippen LogP) is 3.07. The highest BCUT2D eigenvalue weighted by Crippen LogP contribution is 2.25. The maximum absolute atomic E-state index is 13.2. The number of carboxylic acids is 1. The molecular formula is C14H9FN2O2. The van der Waals surface area contributed by atoms with E-state index in [0.29, 0.717) is 22.2 Å². The van der Waals surface area contributed by atoms with E-state index in [4.69, 9.17) is 5.11 Å². The topological polar surface area (TPSA) is 66.0 Å². The first kappa shape index (κ1) is 11.4. The lowest BCUT2D eigenvalue weighted by molar-refractivity contribution is 0.0699. The third-order valence-electron chi connectivity index (χ3n) is 2.92. The van der Waals surface area contributed by atoms with E-state index in [9.17, 15) is 9.18 Å². The van der Waals surface area contributed by atoms with Crippen LogP contribution in [0.25, 0.3) is 22.2 Å². The Morgan fingerprint density at radius 2 is 2.11 bits per heavy atom. The lowest BCUT2D eigenvalue weighted by Gasteiger charge is -2.02. The molecular weight excluding hydrogens is 247 g/mol. The zero-order valence-corrected chi connectivity index (χ0v) is 9.72. The van der Waals surface area contributed by atoms with Gasteiger partial charge in [-0.15, -0.1) is 0 Å². The number of halogens is 1. The Labute approximate surface area is 107 Å². The van der Waals surface area contributed by atoms with Crippen molar-refractivity contribution in [3.05, 3.63) is 54.1 Å². The number of nitrogens with zero attached hydrogens (tertiary/aromatic N) is 1. The Balaban J connectivity index is 2.20. The smallest absolute Gasteiger partial charge is 0.337 e. The fraction of sp³-hybridized carbons (Fsp3) is 0. The molecule has 2 heterocycles. The molecule has 3 aromatic rings. The fourth-order valence-electron chi connectivity index (χ4n) is 2.01. The minimum absolute atomic E-state index is 0.153. The van der Waals surface area contributed by atoms with Gasteiger partial charge in [-0.1, -0.05) is 12.1 Å². The Morgan fingerprint density at radius 1 is 1.26 bits per heavy atom. The first-order chi connectivity index (χ1) is 9.15. The van der Waals surface area contributed by atoms with Gasteiger partial charge < -0.3 is 10.1 Å². The second-order valence-corrected chi connectivity index (χ2v) is 4.14. The number of aromatic amines is 1. The summed E-state index contributed by atoms with van der Waals surface area (Å²) in [4.78, 5) is 18.0. The number of benzene rings is 1. The van der Waals surface area contributed by atoms with E-state index < -0.39 is 5.97 Å². The van der Waals surface area contributed by atoms with Crippen molar-refractivity contribution in [1.29, 1.82) is 0 Å². The molecule has 0 amide bonds. The minimum Gasteiger partial charge on any atom is -0.478 e. The summed E-state index contributed by atoms with van der Waals surface area (Å²) in [6, 6.07) is 7.78.